The van der Waals surface area contributed by atoms with Crippen LogP contribution in [0.1, 0.15) is 22.5 Å². The fraction of sp³-hybridized carbons (Fsp3) is 0.500. The largest absolute Gasteiger partial charge is 0.467 e. The van der Waals surface area contributed by atoms with Crippen LogP contribution in [0, 0.1) is 0 Å². The first-order valence-corrected chi connectivity index (χ1v) is 5.16. The van der Waals surface area contributed by atoms with Crippen molar-refractivity contribution in [3.63, 3.8) is 0 Å². The fourth-order valence-corrected chi connectivity index (χ4v) is 1.38. The van der Waals surface area contributed by atoms with E-state index in [1.165, 1.54) is 24.3 Å². The molecule has 0 saturated heterocycles. The molecule has 3 N–H and O–H groups in total. The molecule has 102 valence electrons. The highest BCUT2D eigenvalue weighted by molar-refractivity contribution is 5.94. The van der Waals surface area contributed by atoms with Crippen LogP contribution in [0.4, 0.5) is 13.2 Å². The Morgan fingerprint density at radius 3 is 2.78 bits per heavy atom. The van der Waals surface area contributed by atoms with E-state index >= 15 is 0 Å². The first-order valence-electron chi connectivity index (χ1n) is 5.16. The number of carbonyl (C=O) groups is 1. The zero-order valence-electron chi connectivity index (χ0n) is 9.75. The Kier molecular flexibility index (Phi) is 4.74. The number of furan rings is 1. The van der Waals surface area contributed by atoms with Crippen LogP contribution in [0.15, 0.2) is 16.7 Å². The minimum absolute atomic E-state index is 0.103. The third kappa shape index (κ3) is 4.38. The summed E-state index contributed by atoms with van der Waals surface area (Å²) in [5.74, 6) is 4.72. The van der Waals surface area contributed by atoms with Gasteiger partial charge in [-0.15, -0.1) is 0 Å². The van der Waals surface area contributed by atoms with Crippen molar-refractivity contribution in [3.05, 3.63) is 23.7 Å². The molecule has 0 aliphatic heterocycles. The lowest BCUT2D eigenvalue weighted by atomic mass is 10.2. The zero-order chi connectivity index (χ0) is 13.8. The summed E-state index contributed by atoms with van der Waals surface area (Å²) in [7, 11) is 1.51. The molecule has 0 atom stereocenters. The maximum atomic E-state index is 12.0. The summed E-state index contributed by atoms with van der Waals surface area (Å²) in [6.07, 6.45) is -3.82. The minimum Gasteiger partial charge on any atom is -0.467 e. The van der Waals surface area contributed by atoms with Gasteiger partial charge in [0.15, 0.2) is 0 Å². The molecule has 0 unspecified atom stereocenters. The molecule has 1 aromatic heterocycles. The molecule has 1 heterocycles. The predicted octanol–water partition coefficient (Wildman–Crippen LogP) is 1.27. The predicted molar refractivity (Wildman–Crippen MR) is 57.4 cm³/mol. The van der Waals surface area contributed by atoms with Crippen LogP contribution >= 0.6 is 0 Å². The zero-order valence-corrected chi connectivity index (χ0v) is 9.75. The van der Waals surface area contributed by atoms with Crippen LogP contribution in [-0.4, -0.2) is 30.6 Å². The lowest BCUT2D eigenvalue weighted by molar-refractivity contribution is -0.137. The normalized spacial score (nSPS) is 11.9. The molecular weight excluding hydrogens is 251 g/mol. The number of rotatable bonds is 5. The third-order valence-corrected chi connectivity index (χ3v) is 2.31. The maximum absolute atomic E-state index is 12.0. The monoisotopic (exact) mass is 265 g/mol. The van der Waals surface area contributed by atoms with Crippen molar-refractivity contribution in [2.45, 2.75) is 19.1 Å². The Morgan fingerprint density at radius 2 is 2.22 bits per heavy atom. The van der Waals surface area contributed by atoms with E-state index in [0.29, 0.717) is 0 Å². The Morgan fingerprint density at radius 1 is 1.56 bits per heavy atom. The van der Waals surface area contributed by atoms with Gasteiger partial charge >= 0.3 is 6.18 Å². The number of alkyl halides is 3. The Bertz CT molecular complexity index is 403. The van der Waals surface area contributed by atoms with Crippen LogP contribution < -0.4 is 11.3 Å². The maximum Gasteiger partial charge on any atom is 0.390 e. The number of nitrogens with zero attached hydrogens (tertiary/aromatic N) is 1. The van der Waals surface area contributed by atoms with Crippen molar-refractivity contribution in [2.24, 2.45) is 5.84 Å². The SMILES string of the molecule is CN(CCC(F)(F)F)Cc1occc1C(=O)NN. The van der Waals surface area contributed by atoms with Gasteiger partial charge in [-0.2, -0.15) is 13.2 Å². The third-order valence-electron chi connectivity index (χ3n) is 2.31. The standard InChI is InChI=1S/C10H14F3N3O2/c1-16(4-3-10(11,12)13)6-8-7(2-5-18-8)9(17)15-14/h2,5H,3-4,6,14H2,1H3,(H,15,17). The number of nitrogens with two attached hydrogens (primary N) is 1. The van der Waals surface area contributed by atoms with Gasteiger partial charge in [0.1, 0.15) is 5.76 Å². The van der Waals surface area contributed by atoms with Crippen molar-refractivity contribution in [1.82, 2.24) is 10.3 Å². The number of nitrogens with one attached hydrogen (secondary N) is 1. The molecule has 0 aromatic carbocycles. The average molecular weight is 265 g/mol. The van der Waals surface area contributed by atoms with Gasteiger partial charge in [-0.1, -0.05) is 0 Å². The number of hydrogen-bond donors (Lipinski definition) is 2. The van der Waals surface area contributed by atoms with E-state index in [-0.39, 0.29) is 24.4 Å². The van der Waals surface area contributed by atoms with E-state index in [2.05, 4.69) is 0 Å². The van der Waals surface area contributed by atoms with E-state index in [1.54, 1.807) is 0 Å². The van der Waals surface area contributed by atoms with E-state index in [9.17, 15) is 18.0 Å². The molecule has 8 heteroatoms. The summed E-state index contributed by atoms with van der Waals surface area (Å²) in [5.41, 5.74) is 2.16. The summed E-state index contributed by atoms with van der Waals surface area (Å²) in [5, 5.41) is 0. The molecule has 0 aliphatic rings. The second-order valence-corrected chi connectivity index (χ2v) is 3.83. The van der Waals surface area contributed by atoms with Crippen molar-refractivity contribution < 1.29 is 22.4 Å². The van der Waals surface area contributed by atoms with Gasteiger partial charge in [-0.05, 0) is 13.1 Å². The van der Waals surface area contributed by atoms with Crippen molar-refractivity contribution in [3.8, 4) is 0 Å². The van der Waals surface area contributed by atoms with Gasteiger partial charge < -0.3 is 4.42 Å². The fourth-order valence-electron chi connectivity index (χ4n) is 1.38. The first kappa shape index (κ1) is 14.5. The van der Waals surface area contributed by atoms with Gasteiger partial charge in [0.05, 0.1) is 24.8 Å². The second kappa shape index (κ2) is 5.87. The van der Waals surface area contributed by atoms with Crippen molar-refractivity contribution in [1.29, 1.82) is 0 Å². The second-order valence-electron chi connectivity index (χ2n) is 3.83. The molecule has 0 bridgehead atoms. The highest BCUT2D eigenvalue weighted by Gasteiger charge is 2.27. The summed E-state index contributed by atoms with van der Waals surface area (Å²) in [6.45, 7) is -0.0697. The average Bonchev–Trinajstić information content (AvgIpc) is 2.72. The van der Waals surface area contributed by atoms with Crippen LogP contribution in [0.3, 0.4) is 0 Å². The van der Waals surface area contributed by atoms with E-state index in [0.717, 1.165) is 0 Å². The molecule has 1 aromatic rings. The quantitative estimate of drug-likeness (QED) is 0.478. The minimum atomic E-state index is -4.20. The van der Waals surface area contributed by atoms with Crippen molar-refractivity contribution >= 4 is 5.91 Å². The van der Waals surface area contributed by atoms with Gasteiger partial charge in [0, 0.05) is 6.54 Å². The summed E-state index contributed by atoms with van der Waals surface area (Å²) < 4.78 is 41.1. The molecule has 5 nitrogen and oxygen atoms in total. The molecule has 0 aliphatic carbocycles. The van der Waals surface area contributed by atoms with Crippen LogP contribution in [0.5, 0.6) is 0 Å². The molecule has 1 amide bonds. The van der Waals surface area contributed by atoms with E-state index in [4.69, 9.17) is 10.3 Å². The summed E-state index contributed by atoms with van der Waals surface area (Å²) in [4.78, 5) is 12.7. The molecule has 1 rings (SSSR count). The molecule has 0 fully saturated rings. The highest BCUT2D eigenvalue weighted by atomic mass is 19.4. The molecule has 0 saturated carbocycles. The van der Waals surface area contributed by atoms with Gasteiger partial charge in [0.2, 0.25) is 0 Å². The number of hydrogen-bond acceptors (Lipinski definition) is 4. The number of amides is 1. The van der Waals surface area contributed by atoms with E-state index < -0.39 is 18.5 Å². The summed E-state index contributed by atoms with van der Waals surface area (Å²) in [6, 6.07) is 1.41. The van der Waals surface area contributed by atoms with Crippen LogP contribution in [0.25, 0.3) is 0 Å². The number of carbonyl (C=O) groups excluding carboxylic acids is 1. The van der Waals surface area contributed by atoms with Crippen LogP contribution in [0.2, 0.25) is 0 Å². The molecule has 0 radical (unpaired) electrons. The van der Waals surface area contributed by atoms with Crippen molar-refractivity contribution in [2.75, 3.05) is 13.6 Å². The number of halogens is 3. The molecular formula is C10H14F3N3O2. The molecule has 18 heavy (non-hydrogen) atoms. The summed E-state index contributed by atoms with van der Waals surface area (Å²) >= 11 is 0. The van der Waals surface area contributed by atoms with E-state index in [1.807, 2.05) is 5.43 Å². The topological polar surface area (TPSA) is 71.5 Å². The smallest absolute Gasteiger partial charge is 0.390 e. The van der Waals surface area contributed by atoms with Gasteiger partial charge in [0.25, 0.3) is 5.91 Å². The van der Waals surface area contributed by atoms with Gasteiger partial charge in [-0.25, -0.2) is 5.84 Å². The Labute approximate surface area is 102 Å². The first-order chi connectivity index (χ1) is 8.33. The molecule has 0 spiro atoms. The number of hydrazine groups is 1. The lowest BCUT2D eigenvalue weighted by Gasteiger charge is -2.16. The van der Waals surface area contributed by atoms with Gasteiger partial charge in [-0.3, -0.25) is 15.1 Å². The Balaban J connectivity index is 2.57. The highest BCUT2D eigenvalue weighted by Crippen LogP contribution is 2.20. The lowest BCUT2D eigenvalue weighted by Crippen LogP contribution is -2.31. The number of nitrogen functional groups attached to an aromatic ring is 1. The van der Waals surface area contributed by atoms with Crippen LogP contribution in [-0.2, 0) is 6.54 Å². The Hall–Kier alpha value is -1.54.